The first-order chi connectivity index (χ1) is 16.2. The SMILES string of the molecule is CC1=C(C(=O)Nc2ccccc2)[C@H](c2ccc(OCc3ccccc3)cc2)n2ncnc2N1. The monoisotopic (exact) mass is 437 g/mol. The van der Waals surface area contributed by atoms with E-state index in [-0.39, 0.29) is 5.91 Å². The average Bonchev–Trinajstić information content (AvgIpc) is 3.31. The summed E-state index contributed by atoms with van der Waals surface area (Å²) in [6.07, 6.45) is 1.48. The fourth-order valence-electron chi connectivity index (χ4n) is 3.90. The number of ether oxygens (including phenoxy) is 1. The highest BCUT2D eigenvalue weighted by molar-refractivity contribution is 6.06. The molecule has 1 atom stereocenters. The number of para-hydroxylation sites is 1. The minimum Gasteiger partial charge on any atom is -0.489 e. The number of carbonyl (C=O) groups is 1. The Hall–Kier alpha value is -4.39. The maximum absolute atomic E-state index is 13.3. The lowest BCUT2D eigenvalue weighted by Gasteiger charge is -2.28. The van der Waals surface area contributed by atoms with Gasteiger partial charge in [0.2, 0.25) is 5.95 Å². The Labute approximate surface area is 191 Å². The van der Waals surface area contributed by atoms with Crippen molar-refractivity contribution < 1.29 is 9.53 Å². The van der Waals surface area contributed by atoms with Gasteiger partial charge in [0, 0.05) is 11.4 Å². The number of amides is 1. The van der Waals surface area contributed by atoms with Gasteiger partial charge in [-0.15, -0.1) is 0 Å². The van der Waals surface area contributed by atoms with Crippen molar-refractivity contribution in [2.24, 2.45) is 0 Å². The first-order valence-corrected chi connectivity index (χ1v) is 10.7. The van der Waals surface area contributed by atoms with Crippen LogP contribution >= 0.6 is 0 Å². The van der Waals surface area contributed by atoms with E-state index in [1.807, 2.05) is 91.9 Å². The van der Waals surface area contributed by atoms with Crippen LogP contribution in [0.3, 0.4) is 0 Å². The van der Waals surface area contributed by atoms with Crippen molar-refractivity contribution >= 4 is 17.5 Å². The van der Waals surface area contributed by atoms with Crippen LogP contribution in [0.15, 0.2) is 103 Å². The Morgan fingerprint density at radius 1 is 1.00 bits per heavy atom. The van der Waals surface area contributed by atoms with E-state index < -0.39 is 6.04 Å². The van der Waals surface area contributed by atoms with Gasteiger partial charge in [0.25, 0.3) is 5.91 Å². The van der Waals surface area contributed by atoms with E-state index in [0.717, 1.165) is 28.3 Å². The summed E-state index contributed by atoms with van der Waals surface area (Å²) >= 11 is 0. The van der Waals surface area contributed by atoms with Crippen LogP contribution in [0, 0.1) is 0 Å². The number of nitrogens with one attached hydrogen (secondary N) is 2. The molecule has 7 heteroatoms. The molecule has 3 aromatic carbocycles. The summed E-state index contributed by atoms with van der Waals surface area (Å²) in [4.78, 5) is 17.6. The number of carbonyl (C=O) groups excluding carboxylic acids is 1. The van der Waals surface area contributed by atoms with Gasteiger partial charge in [0.1, 0.15) is 24.7 Å². The van der Waals surface area contributed by atoms with Gasteiger partial charge < -0.3 is 15.4 Å². The highest BCUT2D eigenvalue weighted by Crippen LogP contribution is 2.35. The van der Waals surface area contributed by atoms with E-state index in [4.69, 9.17) is 4.74 Å². The molecule has 0 saturated heterocycles. The van der Waals surface area contributed by atoms with Crippen molar-refractivity contribution in [1.82, 2.24) is 14.8 Å². The standard InChI is InChI=1S/C26H23N5O2/c1-18-23(25(32)30-21-10-6-3-7-11-21)24(31-26(29-18)27-17-28-31)20-12-14-22(15-13-20)33-16-19-8-4-2-5-9-19/h2-15,17,24H,16H2,1H3,(H,30,32)(H,27,28,29)/t24-/m0/s1. The summed E-state index contributed by atoms with van der Waals surface area (Å²) in [5.41, 5.74) is 4.06. The minimum absolute atomic E-state index is 0.193. The van der Waals surface area contributed by atoms with Crippen molar-refractivity contribution in [3.05, 3.63) is 114 Å². The summed E-state index contributed by atoms with van der Waals surface area (Å²) < 4.78 is 7.65. The van der Waals surface area contributed by atoms with Crippen molar-refractivity contribution in [2.45, 2.75) is 19.6 Å². The average molecular weight is 438 g/mol. The molecule has 1 aliphatic rings. The molecule has 0 bridgehead atoms. The third kappa shape index (κ3) is 4.34. The van der Waals surface area contributed by atoms with Crippen LogP contribution in [0.2, 0.25) is 0 Å². The molecule has 1 aliphatic heterocycles. The second kappa shape index (κ2) is 9.00. The highest BCUT2D eigenvalue weighted by atomic mass is 16.5. The van der Waals surface area contributed by atoms with Crippen LogP contribution in [-0.2, 0) is 11.4 Å². The molecule has 2 N–H and O–H groups in total. The number of rotatable bonds is 6. The van der Waals surface area contributed by atoms with Crippen molar-refractivity contribution in [1.29, 1.82) is 0 Å². The molecule has 0 fully saturated rings. The number of anilines is 2. The van der Waals surface area contributed by atoms with Gasteiger partial charge in [-0.3, -0.25) is 4.79 Å². The second-order valence-corrected chi connectivity index (χ2v) is 7.76. The van der Waals surface area contributed by atoms with Gasteiger partial charge >= 0.3 is 0 Å². The van der Waals surface area contributed by atoms with Crippen molar-refractivity contribution in [2.75, 3.05) is 10.6 Å². The van der Waals surface area contributed by atoms with E-state index in [1.54, 1.807) is 4.68 Å². The van der Waals surface area contributed by atoms with Gasteiger partial charge in [0.05, 0.1) is 5.57 Å². The van der Waals surface area contributed by atoms with Gasteiger partial charge in [0.15, 0.2) is 0 Å². The second-order valence-electron chi connectivity index (χ2n) is 7.76. The molecule has 4 aromatic rings. The number of nitrogens with zero attached hydrogens (tertiary/aromatic N) is 3. The summed E-state index contributed by atoms with van der Waals surface area (Å²) in [7, 11) is 0. The number of benzene rings is 3. The largest absolute Gasteiger partial charge is 0.489 e. The van der Waals surface area contributed by atoms with E-state index in [0.29, 0.717) is 18.1 Å². The molecule has 7 nitrogen and oxygen atoms in total. The van der Waals surface area contributed by atoms with Gasteiger partial charge in [-0.2, -0.15) is 10.1 Å². The zero-order valence-electron chi connectivity index (χ0n) is 18.1. The Morgan fingerprint density at radius 2 is 1.70 bits per heavy atom. The topological polar surface area (TPSA) is 81.1 Å². The molecule has 0 saturated carbocycles. The van der Waals surface area contributed by atoms with Gasteiger partial charge in [-0.25, -0.2) is 4.68 Å². The predicted molar refractivity (Wildman–Crippen MR) is 127 cm³/mol. The number of hydrogen-bond donors (Lipinski definition) is 2. The summed E-state index contributed by atoms with van der Waals surface area (Å²) in [5.74, 6) is 1.16. The van der Waals surface area contributed by atoms with E-state index in [9.17, 15) is 4.79 Å². The lowest BCUT2D eigenvalue weighted by molar-refractivity contribution is -0.113. The fraction of sp³-hybridized carbons (Fsp3) is 0.115. The number of aromatic nitrogens is 3. The molecular weight excluding hydrogens is 414 g/mol. The van der Waals surface area contributed by atoms with Crippen LogP contribution in [0.25, 0.3) is 0 Å². The van der Waals surface area contributed by atoms with E-state index >= 15 is 0 Å². The van der Waals surface area contributed by atoms with Crippen LogP contribution in [0.1, 0.15) is 24.1 Å². The zero-order chi connectivity index (χ0) is 22.6. The lowest BCUT2D eigenvalue weighted by Crippen LogP contribution is -2.31. The molecular formula is C26H23N5O2. The van der Waals surface area contributed by atoms with E-state index in [1.165, 1.54) is 6.33 Å². The Morgan fingerprint density at radius 3 is 2.42 bits per heavy atom. The first-order valence-electron chi connectivity index (χ1n) is 10.7. The summed E-state index contributed by atoms with van der Waals surface area (Å²) in [5, 5.41) is 10.6. The van der Waals surface area contributed by atoms with Crippen molar-refractivity contribution in [3.63, 3.8) is 0 Å². The minimum atomic E-state index is -0.421. The Balaban J connectivity index is 1.42. The van der Waals surface area contributed by atoms with Gasteiger partial charge in [-0.1, -0.05) is 60.7 Å². The quantitative estimate of drug-likeness (QED) is 0.454. The predicted octanol–water partition coefficient (Wildman–Crippen LogP) is 4.78. The molecule has 1 amide bonds. The third-order valence-electron chi connectivity index (χ3n) is 5.51. The molecule has 0 radical (unpaired) electrons. The van der Waals surface area contributed by atoms with Crippen LogP contribution in [0.5, 0.6) is 5.75 Å². The van der Waals surface area contributed by atoms with Crippen molar-refractivity contribution in [3.8, 4) is 5.75 Å². The molecule has 0 spiro atoms. The molecule has 2 heterocycles. The summed E-state index contributed by atoms with van der Waals surface area (Å²) in [6.45, 7) is 2.37. The maximum atomic E-state index is 13.3. The zero-order valence-corrected chi connectivity index (χ0v) is 18.1. The Bertz CT molecular complexity index is 1280. The number of hydrogen-bond acceptors (Lipinski definition) is 5. The van der Waals surface area contributed by atoms with Crippen LogP contribution in [-0.4, -0.2) is 20.7 Å². The van der Waals surface area contributed by atoms with E-state index in [2.05, 4.69) is 20.7 Å². The molecule has 5 rings (SSSR count). The van der Waals surface area contributed by atoms with Gasteiger partial charge in [-0.05, 0) is 42.3 Å². The van der Waals surface area contributed by atoms with Crippen LogP contribution in [0.4, 0.5) is 11.6 Å². The molecule has 1 aromatic heterocycles. The normalized spacial score (nSPS) is 14.9. The summed E-state index contributed by atoms with van der Waals surface area (Å²) in [6, 6.07) is 26.8. The fourth-order valence-corrected chi connectivity index (χ4v) is 3.90. The lowest BCUT2D eigenvalue weighted by atomic mass is 9.95. The Kier molecular flexibility index (Phi) is 5.59. The van der Waals surface area contributed by atoms with Crippen LogP contribution < -0.4 is 15.4 Å². The molecule has 0 aliphatic carbocycles. The molecule has 33 heavy (non-hydrogen) atoms. The first kappa shape index (κ1) is 20.5. The maximum Gasteiger partial charge on any atom is 0.255 e. The molecule has 164 valence electrons. The third-order valence-corrected chi connectivity index (χ3v) is 5.51. The molecule has 0 unspecified atom stereocenters. The number of allylic oxidation sites excluding steroid dienone is 1. The smallest absolute Gasteiger partial charge is 0.255 e. The highest BCUT2D eigenvalue weighted by Gasteiger charge is 2.33. The number of fused-ring (bicyclic) bond motifs is 1.